The van der Waals surface area contributed by atoms with Gasteiger partial charge in [-0.2, -0.15) is 0 Å². The lowest BCUT2D eigenvalue weighted by Gasteiger charge is -2.33. The molecule has 0 unspecified atom stereocenters. The Kier molecular flexibility index (Phi) is 2.75. The molecule has 4 nitrogen and oxygen atoms in total. The van der Waals surface area contributed by atoms with Crippen LogP contribution in [0, 0.1) is 5.82 Å². The van der Waals surface area contributed by atoms with Gasteiger partial charge in [-0.3, -0.25) is 10.7 Å². The highest BCUT2D eigenvalue weighted by atomic mass is 19.1. The van der Waals surface area contributed by atoms with Crippen molar-refractivity contribution in [3.8, 4) is 5.75 Å². The van der Waals surface area contributed by atoms with Crippen LogP contribution in [0.1, 0.15) is 12.8 Å². The molecule has 5 heteroatoms. The lowest BCUT2D eigenvalue weighted by Crippen LogP contribution is -2.43. The van der Waals surface area contributed by atoms with Crippen LogP contribution in [0.5, 0.6) is 5.75 Å². The maximum Gasteiger partial charge on any atom is 0.148 e. The van der Waals surface area contributed by atoms with E-state index < -0.39 is 5.82 Å². The van der Waals surface area contributed by atoms with Crippen molar-refractivity contribution in [2.75, 3.05) is 5.48 Å². The van der Waals surface area contributed by atoms with Gasteiger partial charge in [0, 0.05) is 12.1 Å². The van der Waals surface area contributed by atoms with Gasteiger partial charge in [-0.25, -0.2) is 4.39 Å². The second-order valence-corrected chi connectivity index (χ2v) is 3.72. The van der Waals surface area contributed by atoms with Gasteiger partial charge in [-0.1, -0.05) is 0 Å². The Labute approximate surface area is 86.8 Å². The predicted octanol–water partition coefficient (Wildman–Crippen LogP) is 1.50. The molecule has 1 aliphatic rings. The summed E-state index contributed by atoms with van der Waals surface area (Å²) < 4.78 is 18.4. The monoisotopic (exact) mass is 212 g/mol. The van der Waals surface area contributed by atoms with E-state index in [-0.39, 0.29) is 12.1 Å². The summed E-state index contributed by atoms with van der Waals surface area (Å²) in [7, 11) is 0. The average molecular weight is 212 g/mol. The first kappa shape index (κ1) is 10.2. The Bertz CT molecular complexity index is 353. The van der Waals surface area contributed by atoms with Gasteiger partial charge in [0.15, 0.2) is 0 Å². The van der Waals surface area contributed by atoms with Crippen LogP contribution in [0.4, 0.5) is 10.1 Å². The molecule has 1 aliphatic carbocycles. The third-order valence-corrected chi connectivity index (χ3v) is 2.49. The number of halogens is 1. The van der Waals surface area contributed by atoms with E-state index in [0.717, 1.165) is 12.8 Å². The molecule has 4 N–H and O–H groups in total. The highest BCUT2D eigenvalue weighted by Gasteiger charge is 2.28. The van der Waals surface area contributed by atoms with E-state index in [2.05, 4.69) is 0 Å². The fourth-order valence-electron chi connectivity index (χ4n) is 1.57. The first-order valence-electron chi connectivity index (χ1n) is 4.81. The highest BCUT2D eigenvalue weighted by molar-refractivity contribution is 5.54. The van der Waals surface area contributed by atoms with Gasteiger partial charge in [0.25, 0.3) is 0 Å². The summed E-state index contributed by atoms with van der Waals surface area (Å²) in [5.74, 6) is -0.0815. The number of benzene rings is 1. The zero-order valence-corrected chi connectivity index (χ0v) is 8.11. The normalized spacial score (nSPS) is 24.5. The Morgan fingerprint density at radius 3 is 2.80 bits per heavy atom. The van der Waals surface area contributed by atoms with Crippen molar-refractivity contribution in [2.45, 2.75) is 25.0 Å². The highest BCUT2D eigenvalue weighted by Crippen LogP contribution is 2.30. The van der Waals surface area contributed by atoms with Crippen LogP contribution in [0.15, 0.2) is 18.2 Å². The van der Waals surface area contributed by atoms with Crippen molar-refractivity contribution in [2.24, 2.45) is 5.73 Å². The summed E-state index contributed by atoms with van der Waals surface area (Å²) >= 11 is 0. The smallest absolute Gasteiger partial charge is 0.148 e. The Morgan fingerprint density at radius 2 is 2.20 bits per heavy atom. The molecule has 0 aromatic heterocycles. The quantitative estimate of drug-likeness (QED) is 0.664. The molecule has 0 aliphatic heterocycles. The Morgan fingerprint density at radius 1 is 1.47 bits per heavy atom. The lowest BCUT2D eigenvalue weighted by atomic mass is 9.90. The lowest BCUT2D eigenvalue weighted by molar-refractivity contribution is 0.101. The standard InChI is InChI=1S/C10H13FN2O2/c11-6-1-2-9(13-14)10(3-6)15-8-4-7(12)5-8/h1-3,7-8,13-14H,4-5,12H2. The van der Waals surface area contributed by atoms with Gasteiger partial charge in [0.2, 0.25) is 0 Å². The van der Waals surface area contributed by atoms with E-state index in [0.29, 0.717) is 11.4 Å². The van der Waals surface area contributed by atoms with Gasteiger partial charge in [-0.15, -0.1) is 0 Å². The second-order valence-electron chi connectivity index (χ2n) is 3.72. The van der Waals surface area contributed by atoms with E-state index in [1.54, 1.807) is 0 Å². The maximum absolute atomic E-state index is 12.9. The van der Waals surface area contributed by atoms with Gasteiger partial charge < -0.3 is 10.5 Å². The molecule has 1 saturated carbocycles. The molecule has 0 amide bonds. The number of nitrogens with two attached hydrogens (primary N) is 1. The molecular weight excluding hydrogens is 199 g/mol. The van der Waals surface area contributed by atoms with Crippen LogP contribution in [-0.4, -0.2) is 17.4 Å². The summed E-state index contributed by atoms with van der Waals surface area (Å²) in [5.41, 5.74) is 7.93. The number of hydrogen-bond donors (Lipinski definition) is 3. The minimum Gasteiger partial charge on any atom is -0.488 e. The summed E-state index contributed by atoms with van der Waals surface area (Å²) in [6.07, 6.45) is 1.55. The summed E-state index contributed by atoms with van der Waals surface area (Å²) in [5, 5.41) is 8.79. The molecule has 0 bridgehead atoms. The number of nitrogens with one attached hydrogen (secondary N) is 1. The molecule has 1 aromatic rings. The number of hydrogen-bond acceptors (Lipinski definition) is 4. The van der Waals surface area contributed by atoms with E-state index >= 15 is 0 Å². The van der Waals surface area contributed by atoms with Gasteiger partial charge in [0.1, 0.15) is 23.4 Å². The minimum atomic E-state index is -0.396. The van der Waals surface area contributed by atoms with Crippen LogP contribution in [-0.2, 0) is 0 Å². The molecule has 0 heterocycles. The van der Waals surface area contributed by atoms with Crippen molar-refractivity contribution >= 4 is 5.69 Å². The van der Waals surface area contributed by atoms with Gasteiger partial charge >= 0.3 is 0 Å². The number of rotatable bonds is 3. The van der Waals surface area contributed by atoms with Crippen LogP contribution < -0.4 is 16.0 Å². The fourth-order valence-corrected chi connectivity index (χ4v) is 1.57. The average Bonchev–Trinajstić information content (AvgIpc) is 2.16. The van der Waals surface area contributed by atoms with Crippen LogP contribution >= 0.6 is 0 Å². The molecule has 0 spiro atoms. The molecule has 1 fully saturated rings. The van der Waals surface area contributed by atoms with E-state index in [9.17, 15) is 4.39 Å². The first-order chi connectivity index (χ1) is 7.19. The molecule has 1 aromatic carbocycles. The molecule has 0 saturated heterocycles. The summed E-state index contributed by atoms with van der Waals surface area (Å²) in [6.45, 7) is 0. The summed E-state index contributed by atoms with van der Waals surface area (Å²) in [6, 6.07) is 4.08. The van der Waals surface area contributed by atoms with Crippen LogP contribution in [0.3, 0.4) is 0 Å². The van der Waals surface area contributed by atoms with Crippen molar-refractivity contribution in [3.05, 3.63) is 24.0 Å². The largest absolute Gasteiger partial charge is 0.488 e. The SMILES string of the molecule is NC1CC(Oc2cc(F)ccc2NO)C1. The van der Waals surface area contributed by atoms with Crippen molar-refractivity contribution in [1.82, 2.24) is 0 Å². The van der Waals surface area contributed by atoms with Crippen molar-refractivity contribution in [3.63, 3.8) is 0 Å². The third kappa shape index (κ3) is 2.19. The van der Waals surface area contributed by atoms with Crippen molar-refractivity contribution < 1.29 is 14.3 Å². The van der Waals surface area contributed by atoms with Gasteiger partial charge in [0.05, 0.1) is 0 Å². The summed E-state index contributed by atoms with van der Waals surface area (Å²) in [4.78, 5) is 0. The predicted molar refractivity (Wildman–Crippen MR) is 53.4 cm³/mol. The Balaban J connectivity index is 2.08. The van der Waals surface area contributed by atoms with Gasteiger partial charge in [-0.05, 0) is 25.0 Å². The zero-order chi connectivity index (χ0) is 10.8. The van der Waals surface area contributed by atoms with E-state index in [1.807, 2.05) is 5.48 Å². The third-order valence-electron chi connectivity index (χ3n) is 2.49. The van der Waals surface area contributed by atoms with Crippen LogP contribution in [0.2, 0.25) is 0 Å². The maximum atomic E-state index is 12.9. The van der Waals surface area contributed by atoms with E-state index in [4.69, 9.17) is 15.7 Å². The molecule has 0 radical (unpaired) electrons. The number of ether oxygens (including phenoxy) is 1. The second kappa shape index (κ2) is 4.04. The molecule has 15 heavy (non-hydrogen) atoms. The molecule has 2 rings (SSSR count). The number of anilines is 1. The van der Waals surface area contributed by atoms with Crippen LogP contribution in [0.25, 0.3) is 0 Å². The van der Waals surface area contributed by atoms with E-state index in [1.165, 1.54) is 18.2 Å². The fraction of sp³-hybridized carbons (Fsp3) is 0.400. The topological polar surface area (TPSA) is 67.5 Å². The molecular formula is C10H13FN2O2. The van der Waals surface area contributed by atoms with Crippen molar-refractivity contribution in [1.29, 1.82) is 0 Å². The molecule has 0 atom stereocenters. The Hall–Kier alpha value is -1.33. The zero-order valence-electron chi connectivity index (χ0n) is 8.11. The molecule has 82 valence electrons. The minimum absolute atomic E-state index is 0.0221. The first-order valence-corrected chi connectivity index (χ1v) is 4.81.